The van der Waals surface area contributed by atoms with Crippen molar-refractivity contribution in [3.63, 3.8) is 0 Å². The molecular weight excluding hydrogens is 346 g/mol. The van der Waals surface area contributed by atoms with E-state index < -0.39 is 0 Å². The second-order valence-corrected chi connectivity index (χ2v) is 8.10. The lowest BCUT2D eigenvalue weighted by atomic mass is 9.83. The van der Waals surface area contributed by atoms with Crippen LogP contribution in [0.4, 0.5) is 5.69 Å². The smallest absolute Gasteiger partial charge is 0.0798 e. The third-order valence-electron chi connectivity index (χ3n) is 5.62. The Labute approximate surface area is 168 Å². The molecule has 0 radical (unpaired) electrons. The lowest BCUT2D eigenvalue weighted by Crippen LogP contribution is -2.10. The summed E-state index contributed by atoms with van der Waals surface area (Å²) in [7, 11) is 0. The summed E-state index contributed by atoms with van der Waals surface area (Å²) in [5.41, 5.74) is 8.00. The van der Waals surface area contributed by atoms with Crippen LogP contribution in [0.25, 0.3) is 11.1 Å². The minimum absolute atomic E-state index is 0.570. The van der Waals surface area contributed by atoms with E-state index in [-0.39, 0.29) is 0 Å². The highest BCUT2D eigenvalue weighted by atomic mass is 32.1. The second-order valence-electron chi connectivity index (χ2n) is 7.92. The summed E-state index contributed by atoms with van der Waals surface area (Å²) in [4.78, 5) is 4.20. The topological polar surface area (TPSA) is 12.4 Å². The zero-order valence-electron chi connectivity index (χ0n) is 16.7. The van der Waals surface area contributed by atoms with Gasteiger partial charge in [-0.3, -0.25) is 0 Å². The van der Waals surface area contributed by atoms with Gasteiger partial charge in [-0.15, -0.1) is 0 Å². The van der Waals surface area contributed by atoms with Gasteiger partial charge >= 0.3 is 0 Å². The third-order valence-corrected chi connectivity index (χ3v) is 5.71. The summed E-state index contributed by atoms with van der Waals surface area (Å²) in [6.07, 6.45) is 5.14. The molecule has 1 aliphatic rings. The van der Waals surface area contributed by atoms with E-state index >= 15 is 0 Å². The van der Waals surface area contributed by atoms with Crippen LogP contribution in [-0.2, 0) is 0 Å². The maximum Gasteiger partial charge on any atom is 0.0798 e. The van der Waals surface area contributed by atoms with Crippen LogP contribution in [0.15, 0.2) is 35.3 Å². The van der Waals surface area contributed by atoms with Gasteiger partial charge in [-0.1, -0.05) is 24.8 Å². The average Bonchev–Trinajstić information content (AvgIpc) is 2.64. The van der Waals surface area contributed by atoms with Gasteiger partial charge in [0.2, 0.25) is 0 Å². The van der Waals surface area contributed by atoms with Crippen molar-refractivity contribution in [1.82, 2.24) is 0 Å². The molecule has 1 nitrogen and oxygen atoms in total. The van der Waals surface area contributed by atoms with Crippen LogP contribution in [0.5, 0.6) is 0 Å². The molecule has 0 aromatic heterocycles. The van der Waals surface area contributed by atoms with Crippen molar-refractivity contribution < 1.29 is 0 Å². The maximum atomic E-state index is 4.76. The molecule has 0 bridgehead atoms. The highest BCUT2D eigenvalue weighted by Gasteiger charge is 2.16. The van der Waals surface area contributed by atoms with Crippen molar-refractivity contribution in [1.29, 1.82) is 0 Å². The number of thiocarbonyl (C=S) groups is 1. The molecule has 1 aliphatic carbocycles. The molecule has 2 aromatic carbocycles. The van der Waals surface area contributed by atoms with E-state index in [4.69, 9.17) is 12.2 Å². The van der Waals surface area contributed by atoms with Crippen molar-refractivity contribution in [2.24, 2.45) is 16.8 Å². The summed E-state index contributed by atoms with van der Waals surface area (Å²) < 4.78 is 0. The van der Waals surface area contributed by atoms with Crippen molar-refractivity contribution in [2.45, 2.75) is 53.4 Å². The van der Waals surface area contributed by atoms with Crippen LogP contribution in [0.3, 0.4) is 0 Å². The highest BCUT2D eigenvalue weighted by Crippen LogP contribution is 2.32. The van der Waals surface area contributed by atoms with Crippen LogP contribution >= 0.6 is 12.2 Å². The monoisotopic (exact) mass is 373 g/mol. The Balaban J connectivity index is 1.85. The molecule has 2 aromatic rings. The zero-order chi connectivity index (χ0) is 19.4. The van der Waals surface area contributed by atoms with Crippen LogP contribution in [0.2, 0.25) is 0 Å². The first-order chi connectivity index (χ1) is 13.0. The molecule has 2 heteroatoms. The number of hydrogen-bond acceptors (Lipinski definition) is 2. The summed E-state index contributed by atoms with van der Waals surface area (Å²) in [5, 5.41) is 2.48. The average molecular weight is 374 g/mol. The fourth-order valence-electron chi connectivity index (χ4n) is 3.99. The van der Waals surface area contributed by atoms with Gasteiger partial charge in [0, 0.05) is 11.5 Å². The Morgan fingerprint density at radius 1 is 0.926 bits per heavy atom. The first-order valence-corrected chi connectivity index (χ1v) is 10.2. The highest BCUT2D eigenvalue weighted by molar-refractivity contribution is 7.78. The van der Waals surface area contributed by atoms with E-state index in [1.807, 2.05) is 0 Å². The molecule has 0 aliphatic heterocycles. The van der Waals surface area contributed by atoms with Gasteiger partial charge in [0.1, 0.15) is 0 Å². The number of aryl methyl sites for hydroxylation is 3. The summed E-state index contributed by atoms with van der Waals surface area (Å²) >= 11 is 4.76. The Morgan fingerprint density at radius 2 is 1.59 bits per heavy atom. The van der Waals surface area contributed by atoms with Crippen molar-refractivity contribution in [3.8, 4) is 23.0 Å². The number of hydrogen-bond donors (Lipinski definition) is 0. The van der Waals surface area contributed by atoms with Gasteiger partial charge < -0.3 is 0 Å². The van der Waals surface area contributed by atoms with Gasteiger partial charge in [-0.25, -0.2) is 0 Å². The predicted octanol–water partition coefficient (Wildman–Crippen LogP) is 7.19. The van der Waals surface area contributed by atoms with Gasteiger partial charge in [0.05, 0.1) is 10.8 Å². The molecule has 1 fully saturated rings. The minimum Gasteiger partial charge on any atom is -0.194 e. The second kappa shape index (κ2) is 8.66. The molecule has 0 spiro atoms. The van der Waals surface area contributed by atoms with Crippen LogP contribution in [0, 0.1) is 44.4 Å². The molecule has 0 N–H and O–H groups in total. The number of nitrogens with zero attached hydrogens (tertiary/aromatic N) is 1. The molecule has 0 unspecified atom stereocenters. The predicted molar refractivity (Wildman–Crippen MR) is 119 cm³/mol. The number of aliphatic imine (C=N–C) groups is 1. The van der Waals surface area contributed by atoms with E-state index in [1.165, 1.54) is 42.4 Å². The van der Waals surface area contributed by atoms with Gasteiger partial charge in [-0.2, -0.15) is 4.99 Å². The van der Waals surface area contributed by atoms with E-state index in [0.717, 1.165) is 28.3 Å². The van der Waals surface area contributed by atoms with Crippen LogP contribution < -0.4 is 0 Å². The Bertz CT molecular complexity index is 923. The lowest BCUT2D eigenvalue weighted by Gasteiger charge is -2.21. The standard InChI is InChI=1S/C25H27NS/c1-17-5-7-21(8-6-17)9-10-22-11-12-24(18(2)13-22)23-14-19(3)25(26-16-27)20(4)15-23/h11-15,17,21H,5-8H2,1-4H3. The van der Waals surface area contributed by atoms with Crippen LogP contribution in [-0.4, -0.2) is 5.16 Å². The van der Waals surface area contributed by atoms with E-state index in [9.17, 15) is 0 Å². The number of isothiocyanates is 1. The molecule has 0 saturated heterocycles. The third kappa shape index (κ3) is 4.75. The molecular formula is C25H27NS. The number of rotatable bonds is 2. The largest absolute Gasteiger partial charge is 0.194 e. The van der Waals surface area contributed by atoms with Gasteiger partial charge in [0.25, 0.3) is 0 Å². The molecule has 1 saturated carbocycles. The van der Waals surface area contributed by atoms with Crippen molar-refractivity contribution in [2.75, 3.05) is 0 Å². The lowest BCUT2D eigenvalue weighted by molar-refractivity contribution is 0.337. The molecule has 0 atom stereocenters. The first-order valence-electron chi connectivity index (χ1n) is 9.79. The minimum atomic E-state index is 0.570. The SMILES string of the molecule is Cc1cc(C#CC2CCC(C)CC2)ccc1-c1cc(C)c(N=C=S)c(C)c1. The van der Waals surface area contributed by atoms with Crippen LogP contribution in [0.1, 0.15) is 54.9 Å². The van der Waals surface area contributed by atoms with E-state index in [1.54, 1.807) is 0 Å². The van der Waals surface area contributed by atoms with Gasteiger partial charge in [0.15, 0.2) is 0 Å². The molecule has 0 amide bonds. The first kappa shape index (κ1) is 19.6. The van der Waals surface area contributed by atoms with E-state index in [0.29, 0.717) is 5.92 Å². The van der Waals surface area contributed by atoms with Crippen molar-refractivity contribution >= 4 is 23.1 Å². The normalized spacial score (nSPS) is 19.0. The number of benzene rings is 2. The van der Waals surface area contributed by atoms with Crippen molar-refractivity contribution in [3.05, 3.63) is 52.6 Å². The molecule has 27 heavy (non-hydrogen) atoms. The van der Waals surface area contributed by atoms with E-state index in [2.05, 4.69) is 80.0 Å². The Kier molecular flexibility index (Phi) is 6.27. The quantitative estimate of drug-likeness (QED) is 0.308. The fraction of sp³-hybridized carbons (Fsp3) is 0.400. The molecule has 138 valence electrons. The summed E-state index contributed by atoms with van der Waals surface area (Å²) in [5.74, 6) is 8.36. The van der Waals surface area contributed by atoms with Gasteiger partial charge in [-0.05, 0) is 117 Å². The molecule has 0 heterocycles. The fourth-order valence-corrected chi connectivity index (χ4v) is 4.08. The summed E-state index contributed by atoms with van der Waals surface area (Å²) in [6.45, 7) is 8.66. The molecule has 3 rings (SSSR count). The Morgan fingerprint density at radius 3 is 2.19 bits per heavy atom. The Hall–Kier alpha value is -2.20. The summed E-state index contributed by atoms with van der Waals surface area (Å²) in [6, 6.07) is 10.9. The zero-order valence-corrected chi connectivity index (χ0v) is 17.5. The maximum absolute atomic E-state index is 4.76.